The number of piperazine rings is 1. The van der Waals surface area contributed by atoms with Crippen LogP contribution in [0.15, 0.2) is 24.4 Å². The van der Waals surface area contributed by atoms with E-state index in [1.807, 2.05) is 0 Å². The minimum atomic E-state index is 0.380. The average molecular weight is 285 g/mol. The fourth-order valence-electron chi connectivity index (χ4n) is 3.52. The zero-order valence-electron chi connectivity index (χ0n) is 12.6. The number of aromatic nitrogens is 2. The second kappa shape index (κ2) is 5.31. The van der Waals surface area contributed by atoms with E-state index in [0.29, 0.717) is 6.04 Å². The van der Waals surface area contributed by atoms with Crippen molar-refractivity contribution in [2.45, 2.75) is 18.9 Å². The zero-order valence-corrected chi connectivity index (χ0v) is 12.6. The van der Waals surface area contributed by atoms with Crippen molar-refractivity contribution in [1.29, 1.82) is 0 Å². The summed E-state index contributed by atoms with van der Waals surface area (Å²) in [5.74, 6) is 1.29. The summed E-state index contributed by atoms with van der Waals surface area (Å²) < 4.78 is 2.27. The lowest BCUT2D eigenvalue weighted by Crippen LogP contribution is -2.43. The molecule has 0 unspecified atom stereocenters. The van der Waals surface area contributed by atoms with Crippen molar-refractivity contribution in [2.24, 2.45) is 0 Å². The average Bonchev–Trinajstić information content (AvgIpc) is 3.16. The van der Waals surface area contributed by atoms with E-state index >= 15 is 0 Å². The highest BCUT2D eigenvalue weighted by Gasteiger charge is 2.24. The number of likely N-dealkylation sites (N-methyl/N-ethyl adjacent to an activating group) is 1. The van der Waals surface area contributed by atoms with Crippen molar-refractivity contribution in [3.8, 4) is 0 Å². The van der Waals surface area contributed by atoms with Crippen molar-refractivity contribution in [2.75, 3.05) is 44.7 Å². The van der Waals surface area contributed by atoms with Crippen molar-refractivity contribution in [3.63, 3.8) is 0 Å². The minimum Gasteiger partial charge on any atom is -0.358 e. The largest absolute Gasteiger partial charge is 0.358 e. The topological polar surface area (TPSA) is 35.8 Å². The number of anilines is 1. The summed E-state index contributed by atoms with van der Waals surface area (Å²) >= 11 is 0. The van der Waals surface area contributed by atoms with Gasteiger partial charge in [0.2, 0.25) is 0 Å². The van der Waals surface area contributed by atoms with Crippen LogP contribution in [-0.2, 0) is 0 Å². The van der Waals surface area contributed by atoms with Gasteiger partial charge in [0.1, 0.15) is 11.5 Å². The maximum Gasteiger partial charge on any atom is 0.138 e. The van der Waals surface area contributed by atoms with Crippen LogP contribution in [0.1, 0.15) is 24.6 Å². The van der Waals surface area contributed by atoms with Gasteiger partial charge in [-0.2, -0.15) is 0 Å². The summed E-state index contributed by atoms with van der Waals surface area (Å²) in [5, 5.41) is 3.48. The van der Waals surface area contributed by atoms with Gasteiger partial charge in [-0.15, -0.1) is 0 Å². The molecular formula is C16H23N5. The van der Waals surface area contributed by atoms with Crippen LogP contribution in [0.4, 0.5) is 5.82 Å². The summed E-state index contributed by atoms with van der Waals surface area (Å²) in [6, 6.07) is 6.83. The Kier molecular flexibility index (Phi) is 3.31. The fourth-order valence-corrected chi connectivity index (χ4v) is 3.52. The molecule has 2 fully saturated rings. The second-order valence-corrected chi connectivity index (χ2v) is 6.17. The Morgan fingerprint density at radius 2 is 2.05 bits per heavy atom. The number of imidazole rings is 1. The number of hydrogen-bond donors (Lipinski definition) is 1. The number of nitrogens with one attached hydrogen (secondary N) is 1. The quantitative estimate of drug-likeness (QED) is 0.907. The van der Waals surface area contributed by atoms with Crippen molar-refractivity contribution in [1.82, 2.24) is 19.6 Å². The Bertz CT molecular complexity index is 629. The molecule has 2 aliphatic heterocycles. The molecule has 112 valence electrons. The Hall–Kier alpha value is -1.59. The molecule has 4 heterocycles. The molecule has 1 N–H and O–H groups in total. The van der Waals surface area contributed by atoms with Crippen LogP contribution in [0.25, 0.3) is 5.65 Å². The molecule has 0 spiro atoms. The molecule has 0 amide bonds. The van der Waals surface area contributed by atoms with Crippen LogP contribution in [0.2, 0.25) is 0 Å². The molecule has 2 saturated heterocycles. The van der Waals surface area contributed by atoms with Crippen LogP contribution in [0.5, 0.6) is 0 Å². The molecule has 4 rings (SSSR count). The van der Waals surface area contributed by atoms with E-state index in [-0.39, 0.29) is 0 Å². The summed E-state index contributed by atoms with van der Waals surface area (Å²) in [6.45, 7) is 5.46. The molecule has 1 atom stereocenters. The lowest BCUT2D eigenvalue weighted by atomic mass is 10.1. The first-order chi connectivity index (χ1) is 10.3. The number of fused-ring (bicyclic) bond motifs is 1. The maximum atomic E-state index is 4.87. The van der Waals surface area contributed by atoms with Crippen LogP contribution in [-0.4, -0.2) is 54.1 Å². The van der Waals surface area contributed by atoms with Gasteiger partial charge < -0.3 is 10.2 Å². The first kappa shape index (κ1) is 13.1. The molecule has 2 aromatic rings. The molecule has 5 nitrogen and oxygen atoms in total. The van der Waals surface area contributed by atoms with Gasteiger partial charge in [-0.25, -0.2) is 4.98 Å². The second-order valence-electron chi connectivity index (χ2n) is 6.17. The van der Waals surface area contributed by atoms with Gasteiger partial charge in [0, 0.05) is 38.9 Å². The van der Waals surface area contributed by atoms with Gasteiger partial charge in [0.15, 0.2) is 0 Å². The number of hydrogen-bond acceptors (Lipinski definition) is 4. The Morgan fingerprint density at radius 3 is 2.86 bits per heavy atom. The van der Waals surface area contributed by atoms with Gasteiger partial charge in [0.05, 0.1) is 11.7 Å². The van der Waals surface area contributed by atoms with Gasteiger partial charge in [-0.3, -0.25) is 9.30 Å². The van der Waals surface area contributed by atoms with Gasteiger partial charge >= 0.3 is 0 Å². The predicted molar refractivity (Wildman–Crippen MR) is 84.9 cm³/mol. The highest BCUT2D eigenvalue weighted by molar-refractivity contribution is 5.53. The highest BCUT2D eigenvalue weighted by atomic mass is 15.3. The molecule has 5 heteroatoms. The van der Waals surface area contributed by atoms with Crippen LogP contribution < -0.4 is 10.2 Å². The summed E-state index contributed by atoms with van der Waals surface area (Å²) in [7, 11) is 2.19. The summed E-state index contributed by atoms with van der Waals surface area (Å²) in [4.78, 5) is 9.74. The third kappa shape index (κ3) is 2.30. The van der Waals surface area contributed by atoms with E-state index in [1.54, 1.807) is 0 Å². The van der Waals surface area contributed by atoms with Gasteiger partial charge in [0.25, 0.3) is 0 Å². The molecule has 2 aliphatic rings. The third-order valence-corrected chi connectivity index (χ3v) is 4.77. The highest BCUT2D eigenvalue weighted by Crippen LogP contribution is 2.25. The lowest BCUT2D eigenvalue weighted by molar-refractivity contribution is 0.199. The predicted octanol–water partition coefficient (Wildman–Crippen LogP) is 1.51. The maximum absolute atomic E-state index is 4.87. The normalized spacial score (nSPS) is 24.0. The van der Waals surface area contributed by atoms with Crippen LogP contribution >= 0.6 is 0 Å². The summed E-state index contributed by atoms with van der Waals surface area (Å²) in [5.41, 5.74) is 2.24. The Balaban J connectivity index is 1.73. The van der Waals surface area contributed by atoms with E-state index in [1.165, 1.54) is 24.4 Å². The molecule has 0 saturated carbocycles. The van der Waals surface area contributed by atoms with Gasteiger partial charge in [-0.05, 0) is 32.0 Å². The molecular weight excluding hydrogens is 262 g/mol. The van der Waals surface area contributed by atoms with Gasteiger partial charge in [-0.1, -0.05) is 6.07 Å². The van der Waals surface area contributed by atoms with Crippen LogP contribution in [0, 0.1) is 0 Å². The first-order valence-electron chi connectivity index (χ1n) is 7.97. The van der Waals surface area contributed by atoms with Crippen LogP contribution in [0.3, 0.4) is 0 Å². The van der Waals surface area contributed by atoms with E-state index in [0.717, 1.165) is 38.4 Å². The Morgan fingerprint density at radius 1 is 1.19 bits per heavy atom. The standard InChI is InChI=1S/C16H23N5/c1-19-10-7-17-11-14(19)13-12-21-15(18-13)5-4-6-16(21)20-8-2-3-9-20/h4-6,12,14,17H,2-3,7-11H2,1H3/t14-/m0/s1. The third-order valence-electron chi connectivity index (χ3n) is 4.77. The molecule has 2 aromatic heterocycles. The first-order valence-corrected chi connectivity index (χ1v) is 7.97. The van der Waals surface area contributed by atoms with Crippen molar-refractivity contribution >= 4 is 11.5 Å². The zero-order chi connectivity index (χ0) is 14.2. The lowest BCUT2D eigenvalue weighted by Gasteiger charge is -2.31. The van der Waals surface area contributed by atoms with E-state index in [4.69, 9.17) is 4.98 Å². The minimum absolute atomic E-state index is 0.380. The number of rotatable bonds is 2. The molecule has 0 aliphatic carbocycles. The number of pyridine rings is 1. The molecule has 0 radical (unpaired) electrons. The smallest absolute Gasteiger partial charge is 0.138 e. The SMILES string of the molecule is CN1CCNC[C@H]1c1cn2c(N3CCCC3)cccc2n1. The fraction of sp³-hybridized carbons (Fsp3) is 0.562. The molecule has 0 aromatic carbocycles. The molecule has 0 bridgehead atoms. The number of nitrogens with zero attached hydrogens (tertiary/aromatic N) is 4. The van der Waals surface area contributed by atoms with E-state index in [2.05, 4.69) is 51.0 Å². The van der Waals surface area contributed by atoms with Crippen molar-refractivity contribution < 1.29 is 0 Å². The summed E-state index contributed by atoms with van der Waals surface area (Å²) in [6.07, 6.45) is 4.83. The monoisotopic (exact) mass is 285 g/mol. The van der Waals surface area contributed by atoms with E-state index < -0.39 is 0 Å². The Labute approximate surface area is 125 Å². The van der Waals surface area contributed by atoms with Crippen molar-refractivity contribution in [3.05, 3.63) is 30.1 Å². The molecule has 21 heavy (non-hydrogen) atoms. The van der Waals surface area contributed by atoms with E-state index in [9.17, 15) is 0 Å².